The van der Waals surface area contributed by atoms with Crippen molar-refractivity contribution < 1.29 is 13.5 Å². The fourth-order valence-electron chi connectivity index (χ4n) is 2.40. The molecule has 1 aliphatic rings. The lowest BCUT2D eigenvalue weighted by atomic mass is 10.2. The molecule has 19 heavy (non-hydrogen) atoms. The summed E-state index contributed by atoms with van der Waals surface area (Å²) in [4.78, 5) is 0.248. The van der Waals surface area contributed by atoms with Gasteiger partial charge in [0.15, 0.2) is 0 Å². The first kappa shape index (κ1) is 15.0. The summed E-state index contributed by atoms with van der Waals surface area (Å²) in [7, 11) is -3.52. The van der Waals surface area contributed by atoms with Crippen LogP contribution in [0.15, 0.2) is 21.5 Å². The van der Waals surface area contributed by atoms with Crippen LogP contribution in [0, 0.1) is 6.92 Å². The number of benzene rings is 1. The van der Waals surface area contributed by atoms with Crippen LogP contribution in [0.4, 0.5) is 0 Å². The molecule has 0 radical (unpaired) electrons. The zero-order valence-corrected chi connectivity index (χ0v) is 13.2. The lowest BCUT2D eigenvalue weighted by molar-refractivity contribution is 0.281. The van der Waals surface area contributed by atoms with E-state index in [1.54, 1.807) is 13.0 Å². The minimum absolute atomic E-state index is 0.0426. The lowest BCUT2D eigenvalue weighted by Crippen LogP contribution is -2.33. The van der Waals surface area contributed by atoms with E-state index in [-0.39, 0.29) is 17.5 Å². The highest BCUT2D eigenvalue weighted by atomic mass is 79.9. The van der Waals surface area contributed by atoms with Gasteiger partial charge < -0.3 is 5.11 Å². The van der Waals surface area contributed by atoms with E-state index in [0.29, 0.717) is 15.6 Å². The van der Waals surface area contributed by atoms with Crippen molar-refractivity contribution in [1.82, 2.24) is 4.72 Å². The van der Waals surface area contributed by atoms with Crippen LogP contribution in [0.1, 0.15) is 36.8 Å². The molecule has 1 aromatic carbocycles. The Morgan fingerprint density at radius 2 is 2.00 bits per heavy atom. The van der Waals surface area contributed by atoms with Gasteiger partial charge >= 0.3 is 0 Å². The van der Waals surface area contributed by atoms with Crippen molar-refractivity contribution in [3.05, 3.63) is 27.7 Å². The van der Waals surface area contributed by atoms with Crippen molar-refractivity contribution in [2.24, 2.45) is 0 Å². The van der Waals surface area contributed by atoms with Gasteiger partial charge in [0.05, 0.1) is 11.5 Å². The highest BCUT2D eigenvalue weighted by molar-refractivity contribution is 9.10. The summed E-state index contributed by atoms with van der Waals surface area (Å²) in [6.07, 6.45) is 3.96. The molecule has 0 bridgehead atoms. The molecule has 4 nitrogen and oxygen atoms in total. The average molecular weight is 348 g/mol. The van der Waals surface area contributed by atoms with Crippen LogP contribution in [0.3, 0.4) is 0 Å². The number of hydrogen-bond acceptors (Lipinski definition) is 3. The summed E-state index contributed by atoms with van der Waals surface area (Å²) in [6, 6.07) is 3.32. The minimum atomic E-state index is -3.52. The van der Waals surface area contributed by atoms with Gasteiger partial charge in [0.25, 0.3) is 0 Å². The van der Waals surface area contributed by atoms with E-state index in [9.17, 15) is 13.5 Å². The Kier molecular flexibility index (Phi) is 4.66. The van der Waals surface area contributed by atoms with E-state index in [4.69, 9.17) is 0 Å². The minimum Gasteiger partial charge on any atom is -0.392 e. The molecule has 2 rings (SSSR count). The molecule has 106 valence electrons. The van der Waals surface area contributed by atoms with Crippen molar-refractivity contribution in [1.29, 1.82) is 0 Å². The van der Waals surface area contributed by atoms with Crippen molar-refractivity contribution >= 4 is 26.0 Å². The molecule has 0 aliphatic heterocycles. The topological polar surface area (TPSA) is 66.4 Å². The maximum Gasteiger partial charge on any atom is 0.241 e. The summed E-state index contributed by atoms with van der Waals surface area (Å²) in [5.74, 6) is 0. The van der Waals surface area contributed by atoms with Gasteiger partial charge in [0, 0.05) is 10.5 Å². The maximum absolute atomic E-state index is 12.4. The van der Waals surface area contributed by atoms with Crippen LogP contribution in [0.5, 0.6) is 0 Å². The van der Waals surface area contributed by atoms with Gasteiger partial charge in [0.2, 0.25) is 10.0 Å². The number of aliphatic hydroxyl groups excluding tert-OH is 1. The van der Waals surface area contributed by atoms with Crippen LogP contribution in [0.2, 0.25) is 0 Å². The highest BCUT2D eigenvalue weighted by Crippen LogP contribution is 2.27. The molecule has 0 spiro atoms. The predicted octanol–water partition coefficient (Wildman–Crippen LogP) is 2.47. The van der Waals surface area contributed by atoms with Gasteiger partial charge in [-0.1, -0.05) is 28.8 Å². The third-order valence-corrected chi connectivity index (χ3v) is 5.98. The second-order valence-corrected chi connectivity index (χ2v) is 7.50. The zero-order chi connectivity index (χ0) is 14.0. The van der Waals surface area contributed by atoms with Gasteiger partial charge in [-0.05, 0) is 43.0 Å². The average Bonchev–Trinajstić information content (AvgIpc) is 2.84. The fourth-order valence-corrected chi connectivity index (χ4v) is 4.66. The monoisotopic (exact) mass is 347 g/mol. The third kappa shape index (κ3) is 3.37. The second-order valence-electron chi connectivity index (χ2n) is 4.96. The summed E-state index contributed by atoms with van der Waals surface area (Å²) >= 11 is 3.34. The predicted molar refractivity (Wildman–Crippen MR) is 77.4 cm³/mol. The molecule has 2 N–H and O–H groups in total. The van der Waals surface area contributed by atoms with Crippen molar-refractivity contribution in [2.45, 2.75) is 50.2 Å². The number of nitrogens with one attached hydrogen (secondary N) is 1. The molecule has 6 heteroatoms. The lowest BCUT2D eigenvalue weighted by Gasteiger charge is -2.15. The van der Waals surface area contributed by atoms with Crippen LogP contribution >= 0.6 is 15.9 Å². The van der Waals surface area contributed by atoms with E-state index in [1.807, 2.05) is 0 Å². The van der Waals surface area contributed by atoms with E-state index in [0.717, 1.165) is 25.7 Å². The van der Waals surface area contributed by atoms with Gasteiger partial charge in [-0.25, -0.2) is 13.1 Å². The Labute approximate surface area is 122 Å². The number of sulfonamides is 1. The van der Waals surface area contributed by atoms with Crippen LogP contribution in [0.25, 0.3) is 0 Å². The van der Waals surface area contributed by atoms with Gasteiger partial charge in [0.1, 0.15) is 0 Å². The third-order valence-electron chi connectivity index (χ3n) is 3.51. The van der Waals surface area contributed by atoms with Crippen LogP contribution in [-0.2, 0) is 16.6 Å². The van der Waals surface area contributed by atoms with E-state index in [1.165, 1.54) is 6.07 Å². The Hall–Kier alpha value is -0.430. The molecule has 0 atom stereocenters. The quantitative estimate of drug-likeness (QED) is 0.879. The first-order valence-corrected chi connectivity index (χ1v) is 8.64. The summed E-state index contributed by atoms with van der Waals surface area (Å²) in [6.45, 7) is 1.58. The normalized spacial score (nSPS) is 17.0. The molecule has 0 aromatic heterocycles. The fraction of sp³-hybridized carbons (Fsp3) is 0.538. The molecule has 1 aromatic rings. The second kappa shape index (κ2) is 5.91. The van der Waals surface area contributed by atoms with Gasteiger partial charge in [-0.3, -0.25) is 0 Å². The van der Waals surface area contributed by atoms with Gasteiger partial charge in [-0.2, -0.15) is 0 Å². The van der Waals surface area contributed by atoms with Crippen LogP contribution < -0.4 is 4.72 Å². The number of halogens is 1. The molecule has 0 unspecified atom stereocenters. The molecule has 0 amide bonds. The molecular weight excluding hydrogens is 330 g/mol. The molecule has 0 saturated heterocycles. The Bertz CT molecular complexity index is 565. The Balaban J connectivity index is 2.36. The molecule has 1 saturated carbocycles. The summed E-state index contributed by atoms with van der Waals surface area (Å²) < 4.78 is 28.3. The van der Waals surface area contributed by atoms with E-state index < -0.39 is 10.0 Å². The van der Waals surface area contributed by atoms with Crippen molar-refractivity contribution in [3.63, 3.8) is 0 Å². The largest absolute Gasteiger partial charge is 0.392 e. The Morgan fingerprint density at radius 3 is 2.58 bits per heavy atom. The van der Waals surface area contributed by atoms with Gasteiger partial charge in [-0.15, -0.1) is 0 Å². The first-order valence-electron chi connectivity index (χ1n) is 6.36. The number of hydrogen-bond donors (Lipinski definition) is 2. The summed E-state index contributed by atoms with van der Waals surface area (Å²) in [5.41, 5.74) is 1.26. The standard InChI is InChI=1S/C13H18BrNO3S/c1-9-12(14)6-10(8-16)7-13(9)19(17,18)15-11-4-2-3-5-11/h6-7,11,15-16H,2-5,8H2,1H3. The molecule has 1 fully saturated rings. The Morgan fingerprint density at radius 1 is 1.37 bits per heavy atom. The van der Waals surface area contributed by atoms with E-state index >= 15 is 0 Å². The smallest absolute Gasteiger partial charge is 0.241 e. The van der Waals surface area contributed by atoms with Crippen LogP contribution in [-0.4, -0.2) is 19.6 Å². The highest BCUT2D eigenvalue weighted by Gasteiger charge is 2.25. The molecular formula is C13H18BrNO3S. The SMILES string of the molecule is Cc1c(Br)cc(CO)cc1S(=O)(=O)NC1CCCC1. The molecule has 0 heterocycles. The maximum atomic E-state index is 12.4. The number of aliphatic hydroxyl groups is 1. The van der Waals surface area contributed by atoms with Crippen molar-refractivity contribution in [3.8, 4) is 0 Å². The summed E-state index contributed by atoms with van der Waals surface area (Å²) in [5, 5.41) is 9.19. The van der Waals surface area contributed by atoms with Crippen molar-refractivity contribution in [2.75, 3.05) is 0 Å². The zero-order valence-electron chi connectivity index (χ0n) is 10.8. The number of rotatable bonds is 4. The van der Waals surface area contributed by atoms with E-state index in [2.05, 4.69) is 20.7 Å². The first-order chi connectivity index (χ1) is 8.94. The molecule has 1 aliphatic carbocycles.